The first-order valence-corrected chi connectivity index (χ1v) is 21.9. The third-order valence-electron chi connectivity index (χ3n) is 17.2. The fourth-order valence-corrected chi connectivity index (χ4v) is 15.7. The van der Waals surface area contributed by atoms with Crippen molar-refractivity contribution in [1.29, 1.82) is 0 Å². The molecule has 0 amide bonds. The Labute approximate surface area is 328 Å². The van der Waals surface area contributed by atoms with Gasteiger partial charge in [0.15, 0.2) is 0 Å². The van der Waals surface area contributed by atoms with Crippen molar-refractivity contribution in [2.24, 2.45) is 98.7 Å². The Bertz CT molecular complexity index is 1480. The van der Waals surface area contributed by atoms with Crippen molar-refractivity contribution in [3.8, 4) is 0 Å². The van der Waals surface area contributed by atoms with Crippen LogP contribution in [0, 0.1) is 97.4 Å². The Morgan fingerprint density at radius 2 is 0.945 bits per heavy atom. The second-order valence-electron chi connectivity index (χ2n) is 22.1. The third-order valence-corrected chi connectivity index (χ3v) is 17.2. The number of ether oxygens (including phenoxy) is 2. The average Bonchev–Trinajstić information content (AvgIpc) is 3.47. The molecule has 310 valence electrons. The third kappa shape index (κ3) is 7.26. The van der Waals surface area contributed by atoms with Crippen LogP contribution in [0.25, 0.3) is 0 Å². The van der Waals surface area contributed by atoms with E-state index in [-0.39, 0.29) is 46.3 Å². The number of aliphatic carboxylic acids is 1. The van der Waals surface area contributed by atoms with E-state index in [0.717, 1.165) is 42.4 Å². The highest BCUT2D eigenvalue weighted by molar-refractivity contribution is 5.72. The Morgan fingerprint density at radius 1 is 0.600 bits per heavy atom. The van der Waals surface area contributed by atoms with E-state index >= 15 is 0 Å². The van der Waals surface area contributed by atoms with E-state index < -0.39 is 17.0 Å². The van der Waals surface area contributed by atoms with Crippen molar-refractivity contribution in [2.75, 3.05) is 19.6 Å². The molecule has 6 bridgehead atoms. The van der Waals surface area contributed by atoms with Gasteiger partial charge in [-0.15, -0.1) is 0 Å². The number of carbonyl (C=O) groups is 3. The van der Waals surface area contributed by atoms with Crippen LogP contribution in [0.3, 0.4) is 0 Å². The zero-order valence-corrected chi connectivity index (χ0v) is 34.6. The molecule has 55 heavy (non-hydrogen) atoms. The van der Waals surface area contributed by atoms with Gasteiger partial charge in [0.05, 0.1) is 24.7 Å². The number of carboxylic acids is 1. The Balaban J connectivity index is 0.000000128. The highest BCUT2D eigenvalue weighted by Gasteiger charge is 2.70. The first-order chi connectivity index (χ1) is 25.7. The maximum Gasteiger partial charge on any atom is 0.307 e. The second kappa shape index (κ2) is 14.5. The van der Waals surface area contributed by atoms with E-state index in [1.54, 1.807) is 0 Å². The zero-order chi connectivity index (χ0) is 39.9. The van der Waals surface area contributed by atoms with Crippen LogP contribution in [-0.2, 0) is 23.9 Å². The van der Waals surface area contributed by atoms with Crippen molar-refractivity contribution in [3.63, 3.8) is 0 Å². The number of nitrogens with zero attached hydrogens (tertiary/aromatic N) is 1. The van der Waals surface area contributed by atoms with Gasteiger partial charge in [0, 0.05) is 4.92 Å². The van der Waals surface area contributed by atoms with Crippen molar-refractivity contribution in [1.82, 2.24) is 0 Å². The smallest absolute Gasteiger partial charge is 0.307 e. The minimum atomic E-state index is -0.658. The van der Waals surface area contributed by atoms with Crippen molar-refractivity contribution in [2.45, 2.75) is 149 Å². The Morgan fingerprint density at radius 3 is 1.29 bits per heavy atom. The highest BCUT2D eigenvalue weighted by Crippen LogP contribution is 2.72. The number of carboxylic acid groups (broad SMARTS) is 1. The molecular formula is C44H71N3O8. The van der Waals surface area contributed by atoms with E-state index in [0.29, 0.717) is 67.4 Å². The fourth-order valence-electron chi connectivity index (χ4n) is 15.7. The van der Waals surface area contributed by atoms with Gasteiger partial charge >= 0.3 is 17.9 Å². The molecule has 11 heteroatoms. The summed E-state index contributed by atoms with van der Waals surface area (Å²) in [5.74, 6) is 7.27. The van der Waals surface area contributed by atoms with E-state index in [1.165, 1.54) is 64.2 Å². The lowest BCUT2D eigenvalue weighted by Crippen LogP contribution is -2.59. The lowest BCUT2D eigenvalue weighted by Gasteiger charge is -2.59. The second-order valence-corrected chi connectivity index (χ2v) is 22.1. The number of fused-ring (bicyclic) bond motifs is 3. The maximum atomic E-state index is 12.3. The van der Waals surface area contributed by atoms with Crippen LogP contribution in [-0.4, -0.2) is 58.8 Å². The first kappa shape index (κ1) is 40.9. The van der Waals surface area contributed by atoms with Crippen molar-refractivity contribution >= 4 is 17.9 Å². The fraction of sp³-hybridized carbons (Fsp3) is 0.932. The summed E-state index contributed by atoms with van der Waals surface area (Å²) in [7, 11) is 0. The summed E-state index contributed by atoms with van der Waals surface area (Å²) < 4.78 is 11.0. The first-order valence-electron chi connectivity index (χ1n) is 21.9. The van der Waals surface area contributed by atoms with E-state index in [2.05, 4.69) is 0 Å². The molecule has 0 aliphatic heterocycles. The number of carbonyl (C=O) groups excluding carboxylic acids is 2. The molecule has 15 atom stereocenters. The average molecular weight is 770 g/mol. The number of rotatable bonds is 10. The number of esters is 2. The summed E-state index contributed by atoms with van der Waals surface area (Å²) in [6.07, 6.45) is 16.1. The summed E-state index contributed by atoms with van der Waals surface area (Å²) in [5, 5.41) is 20.2. The molecule has 9 rings (SSSR count). The number of nitro groups is 1. The highest BCUT2D eigenvalue weighted by atomic mass is 16.6. The Hall–Kier alpha value is -2.27. The van der Waals surface area contributed by atoms with Gasteiger partial charge in [0.25, 0.3) is 0 Å². The molecule has 9 saturated carbocycles. The lowest BCUT2D eigenvalue weighted by atomic mass is 9.45. The monoisotopic (exact) mass is 770 g/mol. The molecule has 9 aliphatic rings. The van der Waals surface area contributed by atoms with Gasteiger partial charge in [0.2, 0.25) is 6.54 Å². The minimum Gasteiger partial charge on any atom is -0.481 e. The molecule has 9 fully saturated rings. The normalized spacial score (nSPS) is 44.6. The van der Waals surface area contributed by atoms with Gasteiger partial charge in [-0.2, -0.15) is 0 Å². The molecular weight excluding hydrogens is 698 g/mol. The molecule has 0 heterocycles. The molecule has 9 aliphatic carbocycles. The lowest BCUT2D eigenvalue weighted by molar-refractivity contribution is -0.512. The number of nitrogens with two attached hydrogens (primary N) is 2. The minimum absolute atomic E-state index is 0.0260. The SMILES string of the molecule is CC(C)(C)OC(=O)C[C@]1(CN)[C@@H]2C[C@@H]3CC[C@H]1[C@H]2C3.CC(C)(C)OC(=O)C[C@]1(C[N+](=O)[O-])[C@@H]2C[C@@H]3CC[C@H]1[C@H]2C3.NC[C@@]1(CC(=O)O)[C@@H]2C[C@@H]3CC[C@H]1[C@H]2C3. The summed E-state index contributed by atoms with van der Waals surface area (Å²) in [4.78, 5) is 46.4. The Kier molecular flexibility index (Phi) is 10.8. The van der Waals surface area contributed by atoms with Crippen molar-refractivity contribution < 1.29 is 33.9 Å². The van der Waals surface area contributed by atoms with Gasteiger partial charge in [0.1, 0.15) is 11.2 Å². The maximum absolute atomic E-state index is 12.3. The largest absolute Gasteiger partial charge is 0.481 e. The molecule has 0 spiro atoms. The van der Waals surface area contributed by atoms with Gasteiger partial charge in [-0.3, -0.25) is 24.5 Å². The summed E-state index contributed by atoms with van der Waals surface area (Å²) in [6, 6.07) is 0. The van der Waals surface area contributed by atoms with Gasteiger partial charge < -0.3 is 26.0 Å². The predicted octanol–water partition coefficient (Wildman–Crippen LogP) is 7.25. The predicted molar refractivity (Wildman–Crippen MR) is 208 cm³/mol. The number of hydrogen-bond donors (Lipinski definition) is 3. The van der Waals surface area contributed by atoms with Gasteiger partial charge in [-0.05, 0) is 194 Å². The van der Waals surface area contributed by atoms with Crippen LogP contribution in [0.15, 0.2) is 0 Å². The summed E-state index contributed by atoms with van der Waals surface area (Å²) >= 11 is 0. The van der Waals surface area contributed by atoms with E-state index in [4.69, 9.17) is 26.0 Å². The zero-order valence-electron chi connectivity index (χ0n) is 34.6. The number of hydrogen-bond acceptors (Lipinski definition) is 9. The summed E-state index contributed by atoms with van der Waals surface area (Å²) in [5.41, 5.74) is 10.7. The van der Waals surface area contributed by atoms with Gasteiger partial charge in [-0.1, -0.05) is 19.3 Å². The van der Waals surface area contributed by atoms with Crippen LogP contribution in [0.5, 0.6) is 0 Å². The standard InChI is InChI=1S/C16H25NO4.C16H27NO2.C12H19NO2/c1-15(2,3)21-14(18)8-16(9-17(19)20)12-5-4-10-6-11(12)13(16)7-10;1-15(2,3)19-14(18)8-16(9-17)12-5-4-10-6-11(12)13(16)7-10;13-6-12(5-11(14)15)9-2-1-7-3-8(9)10(12)4-7/h10-13H,4-9H2,1-3H3;10-13H,4-9,17H2,1-3H3;7-10H,1-6,13H2,(H,14,15)/t2*10-,11-,12+,13-,16-;7-,8-,9+,10-,12-/m111/s1. The molecule has 0 radical (unpaired) electrons. The molecule has 0 saturated heterocycles. The molecule has 0 unspecified atom stereocenters. The quantitative estimate of drug-likeness (QED) is 0.116. The van der Waals surface area contributed by atoms with Crippen LogP contribution in [0.2, 0.25) is 0 Å². The topological polar surface area (TPSA) is 185 Å². The molecule has 0 aromatic heterocycles. The van der Waals surface area contributed by atoms with Crippen molar-refractivity contribution in [3.05, 3.63) is 10.1 Å². The van der Waals surface area contributed by atoms with Crippen LogP contribution >= 0.6 is 0 Å². The van der Waals surface area contributed by atoms with Crippen LogP contribution < -0.4 is 11.5 Å². The van der Waals surface area contributed by atoms with Crippen LogP contribution in [0.1, 0.15) is 138 Å². The van der Waals surface area contributed by atoms with Crippen LogP contribution in [0.4, 0.5) is 0 Å². The molecule has 5 N–H and O–H groups in total. The van der Waals surface area contributed by atoms with Gasteiger partial charge in [-0.25, -0.2) is 0 Å². The van der Waals surface area contributed by atoms with E-state index in [1.807, 2.05) is 41.5 Å². The van der Waals surface area contributed by atoms with E-state index in [9.17, 15) is 24.5 Å². The summed E-state index contributed by atoms with van der Waals surface area (Å²) in [6.45, 7) is 12.5. The molecule has 0 aromatic carbocycles. The molecule has 0 aromatic rings. The molecule has 11 nitrogen and oxygen atoms in total.